The Labute approximate surface area is 74.8 Å². The number of hydrogen-bond donors (Lipinski definition) is 0. The summed E-state index contributed by atoms with van der Waals surface area (Å²) in [5, 5.41) is 0. The summed E-state index contributed by atoms with van der Waals surface area (Å²) in [6.45, 7) is 12.5. The minimum atomic E-state index is 0.371. The maximum absolute atomic E-state index is 3.66. The molecule has 0 aromatic heterocycles. The van der Waals surface area contributed by atoms with Gasteiger partial charge in [0.25, 0.3) is 0 Å². The largest absolute Gasteiger partial charge is 0.152 e. The van der Waals surface area contributed by atoms with E-state index in [0.717, 1.165) is 5.75 Å². The van der Waals surface area contributed by atoms with Gasteiger partial charge in [0.1, 0.15) is 0 Å². The molecule has 0 saturated carbocycles. The molecule has 0 saturated heterocycles. The van der Waals surface area contributed by atoms with Gasteiger partial charge in [-0.05, 0) is 6.92 Å². The van der Waals surface area contributed by atoms with E-state index >= 15 is 0 Å². The van der Waals surface area contributed by atoms with Crippen molar-refractivity contribution in [1.82, 2.24) is 0 Å². The fraction of sp³-hybridized carbons (Fsp3) is 0.600. The molecule has 0 radical (unpaired) electrons. The molecule has 0 bridgehead atoms. The van der Waals surface area contributed by atoms with Crippen LogP contribution in [0.4, 0.5) is 0 Å². The molecule has 0 atom stereocenters. The van der Waals surface area contributed by atoms with Gasteiger partial charge in [-0.15, -0.1) is 0 Å². The molecule has 0 rings (SSSR count). The van der Waals surface area contributed by atoms with Crippen LogP contribution in [0.2, 0.25) is 0 Å². The molecule has 0 aliphatic carbocycles. The zero-order valence-corrected chi connectivity index (χ0v) is 8.79. The third-order valence-corrected chi connectivity index (χ3v) is 2.60. The van der Waals surface area contributed by atoms with Gasteiger partial charge < -0.3 is 0 Å². The van der Waals surface area contributed by atoms with Gasteiger partial charge in [0, 0.05) is 10.5 Å². The minimum Gasteiger partial charge on any atom is -0.152 e. The summed E-state index contributed by atoms with van der Waals surface area (Å²) in [7, 11) is 0. The van der Waals surface area contributed by atoms with Gasteiger partial charge in [-0.2, -0.15) is 11.8 Å². The van der Waals surface area contributed by atoms with Crippen LogP contribution in [0.1, 0.15) is 27.7 Å². The number of allylic oxidation sites excluding steroid dienone is 2. The monoisotopic (exact) mass is 170 g/mol. The lowest BCUT2D eigenvalue weighted by atomic mass is 10.3. The van der Waals surface area contributed by atoms with Gasteiger partial charge in [-0.25, -0.2) is 0 Å². The number of rotatable bonds is 3. The van der Waals surface area contributed by atoms with Crippen LogP contribution < -0.4 is 0 Å². The second kappa shape index (κ2) is 4.66. The average molecular weight is 170 g/mol. The van der Waals surface area contributed by atoms with E-state index < -0.39 is 0 Å². The van der Waals surface area contributed by atoms with Crippen LogP contribution in [-0.2, 0) is 0 Å². The van der Waals surface area contributed by atoms with Crippen LogP contribution >= 0.6 is 11.8 Å². The standard InChI is InChI=1S/C10H18S/c1-6-7-9(2)8-11-10(3,4)5/h6-7H,1,8H2,2-5H3/b9-7+. The zero-order valence-electron chi connectivity index (χ0n) is 7.98. The Balaban J connectivity index is 3.71. The van der Waals surface area contributed by atoms with E-state index in [1.54, 1.807) is 0 Å². The lowest BCUT2D eigenvalue weighted by Crippen LogP contribution is -2.08. The molecule has 0 aromatic rings. The van der Waals surface area contributed by atoms with Crippen molar-refractivity contribution in [2.24, 2.45) is 0 Å². The maximum atomic E-state index is 3.66. The third kappa shape index (κ3) is 7.73. The molecular formula is C10H18S. The smallest absolute Gasteiger partial charge is 0.0148 e. The molecule has 0 heterocycles. The average Bonchev–Trinajstić information content (AvgIpc) is 1.83. The van der Waals surface area contributed by atoms with Crippen molar-refractivity contribution >= 4 is 11.8 Å². The van der Waals surface area contributed by atoms with E-state index in [4.69, 9.17) is 0 Å². The van der Waals surface area contributed by atoms with Crippen LogP contribution in [0, 0.1) is 0 Å². The molecule has 0 nitrogen and oxygen atoms in total. The molecule has 0 spiro atoms. The summed E-state index contributed by atoms with van der Waals surface area (Å²) in [6, 6.07) is 0. The van der Waals surface area contributed by atoms with Crippen LogP contribution in [0.3, 0.4) is 0 Å². The van der Waals surface area contributed by atoms with Crippen LogP contribution in [0.5, 0.6) is 0 Å². The van der Waals surface area contributed by atoms with Crippen molar-refractivity contribution in [3.8, 4) is 0 Å². The highest BCUT2D eigenvalue weighted by atomic mass is 32.2. The first-order valence-corrected chi connectivity index (χ1v) is 4.86. The Kier molecular flexibility index (Phi) is 4.58. The Morgan fingerprint density at radius 1 is 1.45 bits per heavy atom. The minimum absolute atomic E-state index is 0.371. The lowest BCUT2D eigenvalue weighted by Gasteiger charge is -2.17. The van der Waals surface area contributed by atoms with Crippen molar-refractivity contribution in [2.75, 3.05) is 5.75 Å². The molecule has 0 N–H and O–H groups in total. The summed E-state index contributed by atoms with van der Waals surface area (Å²) in [5.41, 5.74) is 1.39. The topological polar surface area (TPSA) is 0 Å². The van der Waals surface area contributed by atoms with Crippen molar-refractivity contribution in [3.05, 3.63) is 24.3 Å². The van der Waals surface area contributed by atoms with Gasteiger partial charge in [-0.3, -0.25) is 0 Å². The zero-order chi connectivity index (χ0) is 8.91. The van der Waals surface area contributed by atoms with Crippen molar-refractivity contribution in [3.63, 3.8) is 0 Å². The first-order valence-electron chi connectivity index (χ1n) is 3.88. The quantitative estimate of drug-likeness (QED) is 0.583. The molecule has 64 valence electrons. The fourth-order valence-corrected chi connectivity index (χ4v) is 1.34. The Hall–Kier alpha value is -0.170. The second-order valence-corrected chi connectivity index (χ2v) is 5.45. The predicted octanol–water partition coefficient (Wildman–Crippen LogP) is 3.65. The van der Waals surface area contributed by atoms with Crippen molar-refractivity contribution in [2.45, 2.75) is 32.4 Å². The summed E-state index contributed by atoms with van der Waals surface area (Å²) in [4.78, 5) is 0. The Morgan fingerprint density at radius 2 is 2.00 bits per heavy atom. The Bertz CT molecular complexity index is 149. The van der Waals surface area contributed by atoms with E-state index in [-0.39, 0.29) is 0 Å². The summed E-state index contributed by atoms with van der Waals surface area (Å²) in [6.07, 6.45) is 3.91. The van der Waals surface area contributed by atoms with Gasteiger partial charge >= 0.3 is 0 Å². The first kappa shape index (κ1) is 10.8. The van der Waals surface area contributed by atoms with Crippen molar-refractivity contribution < 1.29 is 0 Å². The fourth-order valence-electron chi connectivity index (χ4n) is 0.580. The molecule has 0 aromatic carbocycles. The second-order valence-electron chi connectivity index (χ2n) is 3.65. The highest BCUT2D eigenvalue weighted by molar-refractivity contribution is 8.00. The summed E-state index contributed by atoms with van der Waals surface area (Å²) >= 11 is 1.97. The van der Waals surface area contributed by atoms with Crippen LogP contribution in [0.25, 0.3) is 0 Å². The van der Waals surface area contributed by atoms with E-state index in [9.17, 15) is 0 Å². The number of hydrogen-bond acceptors (Lipinski definition) is 1. The van der Waals surface area contributed by atoms with Gasteiger partial charge in [0.05, 0.1) is 0 Å². The lowest BCUT2D eigenvalue weighted by molar-refractivity contribution is 0.804. The van der Waals surface area contributed by atoms with E-state index in [1.165, 1.54) is 5.57 Å². The van der Waals surface area contributed by atoms with Gasteiger partial charge in [0.15, 0.2) is 0 Å². The molecule has 0 amide bonds. The van der Waals surface area contributed by atoms with Crippen LogP contribution in [0.15, 0.2) is 24.3 Å². The molecule has 0 aliphatic rings. The SMILES string of the molecule is C=C/C=C(\C)CSC(C)(C)C. The molecule has 0 fully saturated rings. The molecule has 0 unspecified atom stereocenters. The van der Waals surface area contributed by atoms with E-state index in [2.05, 4.69) is 40.3 Å². The highest BCUT2D eigenvalue weighted by Crippen LogP contribution is 2.24. The maximum Gasteiger partial charge on any atom is 0.0148 e. The number of thioether (sulfide) groups is 1. The Morgan fingerprint density at radius 3 is 2.36 bits per heavy atom. The van der Waals surface area contributed by atoms with E-state index in [0.29, 0.717) is 4.75 Å². The third-order valence-electron chi connectivity index (χ3n) is 1.14. The highest BCUT2D eigenvalue weighted by Gasteiger charge is 2.09. The molecular weight excluding hydrogens is 152 g/mol. The van der Waals surface area contributed by atoms with Gasteiger partial charge in [0.2, 0.25) is 0 Å². The van der Waals surface area contributed by atoms with E-state index in [1.807, 2.05) is 17.8 Å². The molecule has 11 heavy (non-hydrogen) atoms. The normalized spacial score (nSPS) is 13.3. The predicted molar refractivity (Wildman–Crippen MR) is 56.2 cm³/mol. The summed E-state index contributed by atoms with van der Waals surface area (Å²) in [5.74, 6) is 1.11. The molecule has 1 heteroatoms. The van der Waals surface area contributed by atoms with Crippen LogP contribution in [-0.4, -0.2) is 10.5 Å². The summed E-state index contributed by atoms with van der Waals surface area (Å²) < 4.78 is 0.371. The molecule has 0 aliphatic heterocycles. The first-order chi connectivity index (χ1) is 4.95. The van der Waals surface area contributed by atoms with Gasteiger partial charge in [-0.1, -0.05) is 45.1 Å². The van der Waals surface area contributed by atoms with Crippen molar-refractivity contribution in [1.29, 1.82) is 0 Å².